The molecule has 1 rings (SSSR count). The molecule has 1 N–H and O–H groups in total. The highest BCUT2D eigenvalue weighted by Crippen LogP contribution is 2.19. The lowest BCUT2D eigenvalue weighted by Gasteiger charge is -2.11. The van der Waals surface area contributed by atoms with E-state index in [0.29, 0.717) is 0 Å². The number of rotatable bonds is 7. The average Bonchev–Trinajstić information content (AvgIpc) is 2.28. The molecule has 0 amide bonds. The van der Waals surface area contributed by atoms with Gasteiger partial charge in [0, 0.05) is 17.5 Å². The van der Waals surface area contributed by atoms with E-state index in [-0.39, 0.29) is 5.38 Å². The summed E-state index contributed by atoms with van der Waals surface area (Å²) in [5.74, 6) is 0.953. The van der Waals surface area contributed by atoms with Gasteiger partial charge >= 0.3 is 0 Å². The Morgan fingerprint density at radius 1 is 1.41 bits per heavy atom. The van der Waals surface area contributed by atoms with E-state index in [2.05, 4.69) is 24.4 Å². The fourth-order valence-electron chi connectivity index (χ4n) is 1.78. The Morgan fingerprint density at radius 2 is 2.18 bits per heavy atom. The first-order valence-corrected chi connectivity index (χ1v) is 6.55. The zero-order valence-corrected chi connectivity index (χ0v) is 11.7. The van der Waals surface area contributed by atoms with Crippen molar-refractivity contribution in [2.45, 2.75) is 38.6 Å². The molecule has 0 aliphatic heterocycles. The number of halogens is 1. The van der Waals surface area contributed by atoms with Gasteiger partial charge in [-0.1, -0.05) is 17.7 Å². The Hall–Kier alpha value is -0.730. The van der Waals surface area contributed by atoms with Crippen molar-refractivity contribution >= 4 is 11.6 Å². The van der Waals surface area contributed by atoms with Gasteiger partial charge in [0.25, 0.3) is 0 Å². The Balaban J connectivity index is 2.37. The van der Waals surface area contributed by atoms with Gasteiger partial charge in [-0.15, -0.1) is 11.6 Å². The summed E-state index contributed by atoms with van der Waals surface area (Å²) in [6.07, 6.45) is 2.16. The number of nitrogens with one attached hydrogen (secondary N) is 1. The molecule has 1 unspecified atom stereocenters. The highest BCUT2D eigenvalue weighted by atomic mass is 35.5. The highest BCUT2D eigenvalue weighted by molar-refractivity contribution is 6.20. The molecule has 0 saturated carbocycles. The molecule has 0 heterocycles. The van der Waals surface area contributed by atoms with Crippen LogP contribution in [-0.4, -0.2) is 19.0 Å². The molecule has 1 aromatic carbocycles. The van der Waals surface area contributed by atoms with Crippen LogP contribution < -0.4 is 10.1 Å². The van der Waals surface area contributed by atoms with Crippen LogP contribution in [0.2, 0.25) is 0 Å². The minimum atomic E-state index is 0.269. The zero-order chi connectivity index (χ0) is 12.7. The summed E-state index contributed by atoms with van der Waals surface area (Å²) in [5, 5.41) is 3.69. The molecule has 17 heavy (non-hydrogen) atoms. The Labute approximate surface area is 109 Å². The third-order valence-electron chi connectivity index (χ3n) is 2.71. The molecule has 0 spiro atoms. The van der Waals surface area contributed by atoms with Gasteiger partial charge in [0.2, 0.25) is 0 Å². The fraction of sp³-hybridized carbons (Fsp3) is 0.571. The van der Waals surface area contributed by atoms with Gasteiger partial charge in [0.05, 0.1) is 7.11 Å². The molecule has 1 aromatic rings. The van der Waals surface area contributed by atoms with Crippen molar-refractivity contribution in [1.82, 2.24) is 5.32 Å². The van der Waals surface area contributed by atoms with E-state index >= 15 is 0 Å². The van der Waals surface area contributed by atoms with Crippen LogP contribution in [-0.2, 0) is 6.54 Å². The van der Waals surface area contributed by atoms with Gasteiger partial charge in [-0.25, -0.2) is 0 Å². The summed E-state index contributed by atoms with van der Waals surface area (Å²) in [6, 6.07) is 6.25. The van der Waals surface area contributed by atoms with Crippen LogP contribution in [0.15, 0.2) is 18.2 Å². The summed E-state index contributed by atoms with van der Waals surface area (Å²) in [5.41, 5.74) is 2.48. The number of hydrogen-bond acceptors (Lipinski definition) is 2. The van der Waals surface area contributed by atoms with Gasteiger partial charge in [0.15, 0.2) is 0 Å². The number of ether oxygens (including phenoxy) is 1. The van der Waals surface area contributed by atoms with Crippen LogP contribution in [0.25, 0.3) is 0 Å². The van der Waals surface area contributed by atoms with E-state index in [0.717, 1.165) is 31.7 Å². The van der Waals surface area contributed by atoms with E-state index < -0.39 is 0 Å². The molecule has 0 saturated heterocycles. The monoisotopic (exact) mass is 255 g/mol. The Kier molecular flexibility index (Phi) is 6.38. The van der Waals surface area contributed by atoms with E-state index in [1.54, 1.807) is 7.11 Å². The van der Waals surface area contributed by atoms with Gasteiger partial charge < -0.3 is 10.1 Å². The van der Waals surface area contributed by atoms with Crippen molar-refractivity contribution in [2.75, 3.05) is 13.7 Å². The number of aryl methyl sites for hydroxylation is 1. The third-order valence-corrected chi connectivity index (χ3v) is 2.93. The summed E-state index contributed by atoms with van der Waals surface area (Å²) < 4.78 is 5.33. The molecule has 0 aromatic heterocycles. The maximum atomic E-state index is 5.89. The molecule has 2 nitrogen and oxygen atoms in total. The zero-order valence-electron chi connectivity index (χ0n) is 10.9. The maximum Gasteiger partial charge on any atom is 0.123 e. The van der Waals surface area contributed by atoms with Gasteiger partial charge in [-0.05, 0) is 39.3 Å². The van der Waals surface area contributed by atoms with Crippen molar-refractivity contribution in [3.8, 4) is 5.75 Å². The molecule has 0 aliphatic rings. The van der Waals surface area contributed by atoms with Crippen LogP contribution in [0.1, 0.15) is 30.9 Å². The van der Waals surface area contributed by atoms with E-state index in [4.69, 9.17) is 16.3 Å². The summed E-state index contributed by atoms with van der Waals surface area (Å²) in [4.78, 5) is 0. The molecule has 0 aliphatic carbocycles. The van der Waals surface area contributed by atoms with Crippen LogP contribution in [0.5, 0.6) is 5.75 Å². The first-order chi connectivity index (χ1) is 8.13. The minimum Gasteiger partial charge on any atom is -0.496 e. The smallest absolute Gasteiger partial charge is 0.123 e. The highest BCUT2D eigenvalue weighted by Gasteiger charge is 2.02. The number of benzene rings is 1. The summed E-state index contributed by atoms with van der Waals surface area (Å²) in [7, 11) is 1.71. The number of methoxy groups -OCH3 is 1. The van der Waals surface area contributed by atoms with Crippen LogP contribution >= 0.6 is 11.6 Å². The van der Waals surface area contributed by atoms with Crippen LogP contribution in [0.4, 0.5) is 0 Å². The predicted molar refractivity (Wildman–Crippen MR) is 74.0 cm³/mol. The second kappa shape index (κ2) is 7.57. The molecule has 0 fully saturated rings. The minimum absolute atomic E-state index is 0.269. The molecule has 96 valence electrons. The van der Waals surface area contributed by atoms with Crippen LogP contribution in [0.3, 0.4) is 0 Å². The predicted octanol–water partition coefficient (Wildman–Crippen LogP) is 3.50. The largest absolute Gasteiger partial charge is 0.496 e. The molecule has 0 bridgehead atoms. The van der Waals surface area contributed by atoms with Gasteiger partial charge in [-0.3, -0.25) is 0 Å². The topological polar surface area (TPSA) is 21.3 Å². The number of alkyl halides is 1. The van der Waals surface area contributed by atoms with Crippen molar-refractivity contribution in [3.63, 3.8) is 0 Å². The lowest BCUT2D eigenvalue weighted by molar-refractivity contribution is 0.407. The van der Waals surface area contributed by atoms with Gasteiger partial charge in [0.1, 0.15) is 5.75 Å². The second-order valence-corrected chi connectivity index (χ2v) is 5.16. The first-order valence-electron chi connectivity index (χ1n) is 6.11. The fourth-order valence-corrected chi connectivity index (χ4v) is 1.93. The lowest BCUT2D eigenvalue weighted by Crippen LogP contribution is -2.16. The molecule has 1 atom stereocenters. The summed E-state index contributed by atoms with van der Waals surface area (Å²) >= 11 is 5.89. The normalized spacial score (nSPS) is 12.5. The first kappa shape index (κ1) is 14.3. The Morgan fingerprint density at radius 3 is 2.82 bits per heavy atom. The van der Waals surface area contributed by atoms with Gasteiger partial charge in [-0.2, -0.15) is 0 Å². The Bertz CT molecular complexity index is 339. The third kappa shape index (κ3) is 5.42. The second-order valence-electron chi connectivity index (χ2n) is 4.42. The molecular weight excluding hydrogens is 234 g/mol. The lowest BCUT2D eigenvalue weighted by atomic mass is 10.1. The average molecular weight is 256 g/mol. The van der Waals surface area contributed by atoms with E-state index in [9.17, 15) is 0 Å². The van der Waals surface area contributed by atoms with Crippen LogP contribution in [0, 0.1) is 6.92 Å². The van der Waals surface area contributed by atoms with E-state index in [1.165, 1.54) is 11.1 Å². The van der Waals surface area contributed by atoms with Crippen molar-refractivity contribution < 1.29 is 4.74 Å². The molecular formula is C14H22ClNO. The van der Waals surface area contributed by atoms with E-state index in [1.807, 2.05) is 13.0 Å². The standard InChI is InChI=1S/C14H22ClNO/c1-11-6-7-14(17-3)13(9-11)10-16-8-4-5-12(2)15/h6-7,9,12,16H,4-5,8,10H2,1-3H3. The summed E-state index contributed by atoms with van der Waals surface area (Å²) in [6.45, 7) is 5.97. The molecule has 3 heteroatoms. The number of hydrogen-bond donors (Lipinski definition) is 1. The van der Waals surface area contributed by atoms with Crippen molar-refractivity contribution in [2.24, 2.45) is 0 Å². The molecule has 0 radical (unpaired) electrons. The SMILES string of the molecule is COc1ccc(C)cc1CNCCCC(C)Cl. The van der Waals surface area contributed by atoms with Crippen molar-refractivity contribution in [3.05, 3.63) is 29.3 Å². The maximum absolute atomic E-state index is 5.89. The van der Waals surface area contributed by atoms with Crippen molar-refractivity contribution in [1.29, 1.82) is 0 Å². The quantitative estimate of drug-likeness (QED) is 0.595.